The van der Waals surface area contributed by atoms with Crippen molar-refractivity contribution in [1.82, 2.24) is 4.98 Å². The Morgan fingerprint density at radius 1 is 0.312 bits per heavy atom. The van der Waals surface area contributed by atoms with Gasteiger partial charge in [-0.1, -0.05) is 47.5 Å². The molecule has 0 radical (unpaired) electrons. The fourth-order valence-corrected chi connectivity index (χ4v) is 7.69. The van der Waals surface area contributed by atoms with Crippen molar-refractivity contribution in [2.24, 2.45) is 0 Å². The predicted molar refractivity (Wildman–Crippen MR) is 343 cm³/mol. The van der Waals surface area contributed by atoms with Gasteiger partial charge in [-0.05, 0) is 90.8 Å². The maximum absolute atomic E-state index is 13.8. The normalized spacial score (nSPS) is 10.6. The molecule has 0 aliphatic carbocycles. The molecular weight excluding hydrogens is 1200 g/mol. The van der Waals surface area contributed by atoms with Crippen LogP contribution in [0.15, 0.2) is 97.2 Å². The Labute approximate surface area is 544 Å². The summed E-state index contributed by atoms with van der Waals surface area (Å²) in [6, 6.07) is 24.9. The predicted octanol–water partition coefficient (Wildman–Crippen LogP) is 6.09. The molecule has 0 bridgehead atoms. The van der Waals surface area contributed by atoms with E-state index in [-0.39, 0.29) is 88.3 Å². The minimum Gasteiger partial charge on any atom is -0.460 e. The molecule has 5 rings (SSSR count). The van der Waals surface area contributed by atoms with Crippen molar-refractivity contribution >= 4 is 29.6 Å². The molecule has 0 saturated carbocycles. The summed E-state index contributed by atoms with van der Waals surface area (Å²) < 4.78 is 86.2. The highest BCUT2D eigenvalue weighted by molar-refractivity contribution is 5.92. The second kappa shape index (κ2) is 46.5. The monoisotopic (exact) mass is 1280 g/mol. The highest BCUT2D eigenvalue weighted by Crippen LogP contribution is 2.17. The van der Waals surface area contributed by atoms with Crippen molar-refractivity contribution in [2.75, 3.05) is 206 Å². The van der Waals surface area contributed by atoms with Crippen molar-refractivity contribution in [3.63, 3.8) is 0 Å². The van der Waals surface area contributed by atoms with E-state index in [0.29, 0.717) is 137 Å². The van der Waals surface area contributed by atoms with E-state index in [1.54, 1.807) is 113 Å². The largest absolute Gasteiger partial charge is 0.460 e. The van der Waals surface area contributed by atoms with E-state index in [4.69, 9.17) is 75.8 Å². The van der Waals surface area contributed by atoms with Gasteiger partial charge in [-0.25, -0.2) is 24.2 Å². The molecule has 0 aliphatic rings. The van der Waals surface area contributed by atoms with Crippen LogP contribution in [-0.2, 0) is 75.8 Å². The number of aromatic nitrogens is 1. The van der Waals surface area contributed by atoms with Crippen molar-refractivity contribution in [3.8, 4) is 47.4 Å². The maximum Gasteiger partial charge on any atom is 0.338 e. The molecule has 4 aromatic carbocycles. The number of carbonyl (C=O) groups is 4. The lowest BCUT2D eigenvalue weighted by Gasteiger charge is -2.11. The van der Waals surface area contributed by atoms with Crippen LogP contribution in [0.1, 0.15) is 86.1 Å². The molecule has 93 heavy (non-hydrogen) atoms. The first-order valence-electron chi connectivity index (χ1n) is 30.0. The van der Waals surface area contributed by atoms with Crippen LogP contribution in [0.25, 0.3) is 0 Å². The number of esters is 4. The first kappa shape index (κ1) is 75.2. The third kappa shape index (κ3) is 32.1. The zero-order valence-electron chi connectivity index (χ0n) is 53.8. The molecule has 496 valence electrons. The molecule has 0 saturated heterocycles. The van der Waals surface area contributed by atoms with Crippen LogP contribution in [0.2, 0.25) is 0 Å². The van der Waals surface area contributed by atoms with Crippen LogP contribution in [0, 0.1) is 47.4 Å². The first-order valence-corrected chi connectivity index (χ1v) is 30.0. The molecule has 1 heterocycles. The molecule has 22 nitrogen and oxygen atoms in total. The summed E-state index contributed by atoms with van der Waals surface area (Å²) in [5.74, 6) is 22.4. The van der Waals surface area contributed by atoms with Gasteiger partial charge in [0.1, 0.15) is 32.1 Å². The molecular formula is C71H82N2O20. The fourth-order valence-electron chi connectivity index (χ4n) is 7.69. The molecule has 0 unspecified atom stereocenters. The summed E-state index contributed by atoms with van der Waals surface area (Å²) in [4.78, 5) is 60.4. The van der Waals surface area contributed by atoms with Crippen molar-refractivity contribution in [1.29, 1.82) is 0 Å². The van der Waals surface area contributed by atoms with Gasteiger partial charge in [0.05, 0.1) is 154 Å². The number of benzene rings is 4. The Bertz CT molecular complexity index is 3360. The quantitative estimate of drug-likeness (QED) is 0.0186. The number of nitrogens with zero attached hydrogens (tertiary/aromatic N) is 2. The summed E-state index contributed by atoms with van der Waals surface area (Å²) in [6.45, 7) is 6.61. The minimum absolute atomic E-state index is 0.0250. The van der Waals surface area contributed by atoms with Crippen LogP contribution in [-0.4, -0.2) is 230 Å². The first-order chi connectivity index (χ1) is 45.5. The standard InChI is InChI=1S/C71H82N2O20/c1-73(2)67-18-19-72-66(54-67)17-16-61-46-60(52-65(53-61)71(77)93-43-39-89-35-31-85-27-23-81-6)15-14-59-45-58(50-64(51-59)70(76)92-42-38-88-34-30-84-26-22-80-5)13-12-57-44-56(48-63(49-57)69(75)91-41-37-87-33-29-83-25-21-79-4)11-10-55-8-7-9-62(47-55)68(74)90-40-36-86-32-28-82-24-20-78-3/h7-9,18-19,44-54H,20-43H2,1-6H3. The number of methoxy groups -OCH3 is 4. The van der Waals surface area contributed by atoms with Crippen molar-refractivity contribution < 1.29 is 95.0 Å². The van der Waals surface area contributed by atoms with Crippen LogP contribution in [0.5, 0.6) is 0 Å². The third-order valence-corrected chi connectivity index (χ3v) is 12.3. The molecule has 5 aromatic rings. The van der Waals surface area contributed by atoms with Gasteiger partial charge in [0.25, 0.3) is 0 Å². The van der Waals surface area contributed by atoms with E-state index in [0.717, 1.165) is 5.69 Å². The number of carbonyl (C=O) groups excluding carboxylic acids is 4. The Morgan fingerprint density at radius 3 is 0.892 bits per heavy atom. The minimum atomic E-state index is -0.676. The van der Waals surface area contributed by atoms with E-state index in [1.807, 2.05) is 31.1 Å². The molecule has 0 atom stereocenters. The second-order valence-corrected chi connectivity index (χ2v) is 19.7. The molecule has 0 fully saturated rings. The highest BCUT2D eigenvalue weighted by Gasteiger charge is 2.15. The lowest BCUT2D eigenvalue weighted by Crippen LogP contribution is -2.14. The lowest BCUT2D eigenvalue weighted by molar-refractivity contribution is 0.00552. The SMILES string of the molecule is COCCOCCOCCOC(=O)c1cccc(C#Cc2cc(C#Cc3cc(C#Cc4cc(C#Cc5cc(N(C)C)ccn5)cc(C(=O)OCCOCCOCCOC)c4)cc(C(=O)OCCOCCOCCOC)c3)cc(C(=O)OCCOCCOCCOC)c2)c1. The summed E-state index contributed by atoms with van der Waals surface area (Å²) in [6.07, 6.45) is 1.66. The molecule has 22 heteroatoms. The average molecular weight is 1280 g/mol. The lowest BCUT2D eigenvalue weighted by atomic mass is 10.0. The van der Waals surface area contributed by atoms with E-state index < -0.39 is 23.9 Å². The van der Waals surface area contributed by atoms with Crippen molar-refractivity contribution in [3.05, 3.63) is 164 Å². The van der Waals surface area contributed by atoms with Gasteiger partial charge < -0.3 is 80.7 Å². The zero-order valence-corrected chi connectivity index (χ0v) is 53.8. The summed E-state index contributed by atoms with van der Waals surface area (Å²) in [5.41, 5.74) is 4.95. The molecule has 0 amide bonds. The highest BCUT2D eigenvalue weighted by atomic mass is 16.6. The Balaban J connectivity index is 1.48. The average Bonchev–Trinajstić information content (AvgIpc) is 1.20. The third-order valence-electron chi connectivity index (χ3n) is 12.3. The Kier molecular flexibility index (Phi) is 37.6. The summed E-state index contributed by atoms with van der Waals surface area (Å²) >= 11 is 0. The molecule has 0 N–H and O–H groups in total. The molecule has 0 spiro atoms. The number of ether oxygens (including phenoxy) is 16. The van der Waals surface area contributed by atoms with Gasteiger partial charge in [-0.2, -0.15) is 0 Å². The van der Waals surface area contributed by atoms with E-state index >= 15 is 0 Å². The van der Waals surface area contributed by atoms with Gasteiger partial charge in [0, 0.05) is 93.4 Å². The van der Waals surface area contributed by atoms with Gasteiger partial charge in [-0.3, -0.25) is 0 Å². The van der Waals surface area contributed by atoms with E-state index in [2.05, 4.69) is 52.3 Å². The van der Waals surface area contributed by atoms with Crippen molar-refractivity contribution in [2.45, 2.75) is 0 Å². The fraction of sp³-hybridized carbons (Fsp3) is 0.423. The second-order valence-electron chi connectivity index (χ2n) is 19.7. The van der Waals surface area contributed by atoms with Gasteiger partial charge >= 0.3 is 23.9 Å². The Morgan fingerprint density at radius 2 is 0.581 bits per heavy atom. The smallest absolute Gasteiger partial charge is 0.338 e. The number of rotatable bonds is 41. The van der Waals surface area contributed by atoms with E-state index in [9.17, 15) is 19.2 Å². The summed E-state index contributed by atoms with van der Waals surface area (Å²) in [5, 5.41) is 0. The van der Waals surface area contributed by atoms with Crippen LogP contribution in [0.4, 0.5) is 5.69 Å². The summed E-state index contributed by atoms with van der Waals surface area (Å²) in [7, 11) is 10.2. The van der Waals surface area contributed by atoms with Crippen LogP contribution < -0.4 is 4.90 Å². The van der Waals surface area contributed by atoms with E-state index in [1.165, 1.54) is 0 Å². The number of hydrogen-bond acceptors (Lipinski definition) is 22. The van der Waals surface area contributed by atoms with Crippen LogP contribution >= 0.6 is 0 Å². The van der Waals surface area contributed by atoms with Gasteiger partial charge in [0.15, 0.2) is 0 Å². The van der Waals surface area contributed by atoms with Gasteiger partial charge in [0.2, 0.25) is 0 Å². The van der Waals surface area contributed by atoms with Gasteiger partial charge in [-0.15, -0.1) is 0 Å². The Hall–Kier alpha value is -8.53. The number of anilines is 1. The zero-order chi connectivity index (χ0) is 66.4. The number of hydrogen-bond donors (Lipinski definition) is 0. The van der Waals surface area contributed by atoms with Crippen LogP contribution in [0.3, 0.4) is 0 Å². The molecule has 0 aliphatic heterocycles. The topological polar surface area (TPSA) is 232 Å². The maximum atomic E-state index is 13.8. The number of pyridine rings is 1. The molecule has 1 aromatic heterocycles.